The number of aryl methyl sites for hydroxylation is 1. The Morgan fingerprint density at radius 3 is 2.62 bits per heavy atom. The van der Waals surface area contributed by atoms with Crippen molar-refractivity contribution in [3.63, 3.8) is 0 Å². The summed E-state index contributed by atoms with van der Waals surface area (Å²) in [6.07, 6.45) is 6.71. The van der Waals surface area contributed by atoms with Crippen molar-refractivity contribution in [3.05, 3.63) is 115 Å². The monoisotopic (exact) mass is 580 g/mol. The maximum atomic E-state index is 6.60. The standard InChI is InChI=1S/C35H25BN2OSe/c1-3-11-29-24(8-1)25-9-2-4-12-30(25)38(29)23-16-18-31-27(21-23)36-26-17-15-22(28-10-5-6-19-37-28)20-34(26)40-33-14-7-13-32(39-31)35(33)36/h1,3,5-8,10-11,13-21H,2,4,9,12H2. The minimum absolute atomic E-state index is 0.163. The maximum absolute atomic E-state index is 6.60. The summed E-state index contributed by atoms with van der Waals surface area (Å²) in [7, 11) is 0. The SMILES string of the molecule is c1ccc(-c2ccc3c(c2)[Se]c2cccc4c2B3c2cc(-n3c5c(c6ccccc63)CCCC5)ccc2O4)nc1. The van der Waals surface area contributed by atoms with Crippen LogP contribution in [0.4, 0.5) is 0 Å². The summed E-state index contributed by atoms with van der Waals surface area (Å²) < 4.78 is 12.0. The molecule has 2 aliphatic heterocycles. The number of rotatable bonds is 2. The first-order chi connectivity index (χ1) is 19.8. The number of nitrogens with zero attached hydrogens (tertiary/aromatic N) is 2. The van der Waals surface area contributed by atoms with Gasteiger partial charge in [-0.25, -0.2) is 0 Å². The molecule has 0 unspecified atom stereocenters. The second-order valence-electron chi connectivity index (χ2n) is 11.0. The number of hydrogen-bond acceptors (Lipinski definition) is 2. The molecule has 190 valence electrons. The molecule has 3 nitrogen and oxygen atoms in total. The molecule has 0 radical (unpaired) electrons. The average Bonchev–Trinajstić information content (AvgIpc) is 3.35. The second-order valence-corrected chi connectivity index (χ2v) is 13.3. The van der Waals surface area contributed by atoms with Crippen molar-refractivity contribution in [1.29, 1.82) is 0 Å². The van der Waals surface area contributed by atoms with Crippen LogP contribution in [0.3, 0.4) is 0 Å². The first-order valence-electron chi connectivity index (χ1n) is 14.1. The van der Waals surface area contributed by atoms with Crippen LogP contribution in [-0.2, 0) is 12.8 Å². The molecular formula is C35H25BN2OSe. The fourth-order valence-electron chi connectivity index (χ4n) is 7.04. The Bertz CT molecular complexity index is 1980. The van der Waals surface area contributed by atoms with Gasteiger partial charge in [0.1, 0.15) is 0 Å². The number of aromatic nitrogens is 2. The van der Waals surface area contributed by atoms with E-state index in [1.54, 1.807) is 0 Å². The van der Waals surface area contributed by atoms with Gasteiger partial charge < -0.3 is 0 Å². The van der Waals surface area contributed by atoms with Gasteiger partial charge >= 0.3 is 241 Å². The van der Waals surface area contributed by atoms with Crippen molar-refractivity contribution in [3.8, 4) is 28.4 Å². The van der Waals surface area contributed by atoms with Gasteiger partial charge in [0.2, 0.25) is 0 Å². The van der Waals surface area contributed by atoms with Crippen molar-refractivity contribution in [2.75, 3.05) is 0 Å². The molecule has 1 aliphatic carbocycles. The summed E-state index contributed by atoms with van der Waals surface area (Å²) in [5.41, 5.74) is 11.8. The van der Waals surface area contributed by atoms with Crippen LogP contribution in [0.2, 0.25) is 0 Å². The van der Waals surface area contributed by atoms with Crippen LogP contribution in [-0.4, -0.2) is 31.2 Å². The average molecular weight is 579 g/mol. The molecule has 6 aromatic rings. The zero-order chi connectivity index (χ0) is 26.2. The van der Waals surface area contributed by atoms with E-state index in [4.69, 9.17) is 4.74 Å². The number of benzene rings is 4. The van der Waals surface area contributed by atoms with Gasteiger partial charge in [-0.3, -0.25) is 0 Å². The number of para-hydroxylation sites is 1. The van der Waals surface area contributed by atoms with Gasteiger partial charge in [-0.15, -0.1) is 0 Å². The topological polar surface area (TPSA) is 27.1 Å². The molecule has 0 amide bonds. The van der Waals surface area contributed by atoms with E-state index in [0.29, 0.717) is 0 Å². The van der Waals surface area contributed by atoms with E-state index in [-0.39, 0.29) is 21.7 Å². The molecule has 4 heterocycles. The number of fused-ring (bicyclic) bond motifs is 7. The van der Waals surface area contributed by atoms with Crippen LogP contribution in [0, 0.1) is 0 Å². The van der Waals surface area contributed by atoms with Gasteiger partial charge in [-0.1, -0.05) is 0 Å². The number of ether oxygens (including phenoxy) is 1. The molecule has 5 heteroatoms. The first kappa shape index (κ1) is 22.7. The summed E-state index contributed by atoms with van der Waals surface area (Å²) in [6, 6.07) is 35.5. The van der Waals surface area contributed by atoms with Crippen molar-refractivity contribution in [2.24, 2.45) is 0 Å². The zero-order valence-corrected chi connectivity index (χ0v) is 23.6. The molecule has 2 aromatic heterocycles. The van der Waals surface area contributed by atoms with E-state index < -0.39 is 0 Å². The summed E-state index contributed by atoms with van der Waals surface area (Å²) in [6.45, 7) is 0.163. The Morgan fingerprint density at radius 1 is 0.750 bits per heavy atom. The summed E-state index contributed by atoms with van der Waals surface area (Å²) in [5, 5.41) is 1.41. The molecule has 0 saturated heterocycles. The summed E-state index contributed by atoms with van der Waals surface area (Å²) in [4.78, 5) is 4.63. The molecule has 0 fully saturated rings. The Balaban J connectivity index is 1.25. The molecule has 0 spiro atoms. The van der Waals surface area contributed by atoms with Crippen molar-refractivity contribution in [1.82, 2.24) is 9.55 Å². The fraction of sp³-hybridized carbons (Fsp3) is 0.114. The van der Waals surface area contributed by atoms with E-state index in [1.807, 2.05) is 12.3 Å². The molecule has 0 atom stereocenters. The Morgan fingerprint density at radius 2 is 1.68 bits per heavy atom. The van der Waals surface area contributed by atoms with Crippen LogP contribution in [0.15, 0.2) is 103 Å². The number of hydrogen-bond donors (Lipinski definition) is 0. The number of pyridine rings is 1. The molecule has 3 aliphatic rings. The summed E-state index contributed by atoms with van der Waals surface area (Å²) >= 11 is 0.205. The van der Waals surface area contributed by atoms with Crippen LogP contribution in [0.1, 0.15) is 24.1 Å². The molecular weight excluding hydrogens is 554 g/mol. The van der Waals surface area contributed by atoms with E-state index in [2.05, 4.69) is 101 Å². The second kappa shape index (κ2) is 8.73. The van der Waals surface area contributed by atoms with E-state index >= 15 is 0 Å². The van der Waals surface area contributed by atoms with Crippen LogP contribution < -0.4 is 30.0 Å². The van der Waals surface area contributed by atoms with Gasteiger partial charge in [0.25, 0.3) is 0 Å². The van der Waals surface area contributed by atoms with Crippen molar-refractivity contribution >= 4 is 57.9 Å². The minimum atomic E-state index is 0.163. The van der Waals surface area contributed by atoms with Crippen LogP contribution in [0.5, 0.6) is 11.5 Å². The predicted octanol–water partition coefficient (Wildman–Crippen LogP) is 4.16. The van der Waals surface area contributed by atoms with Gasteiger partial charge in [0.15, 0.2) is 0 Å². The van der Waals surface area contributed by atoms with Crippen LogP contribution in [0.25, 0.3) is 27.8 Å². The van der Waals surface area contributed by atoms with E-state index in [1.165, 1.54) is 78.0 Å². The Hall–Kier alpha value is -4.05. The molecule has 0 N–H and O–H groups in total. The van der Waals surface area contributed by atoms with Crippen molar-refractivity contribution < 1.29 is 4.74 Å². The molecule has 9 rings (SSSR count). The van der Waals surface area contributed by atoms with E-state index in [9.17, 15) is 0 Å². The van der Waals surface area contributed by atoms with Gasteiger partial charge in [-0.05, 0) is 0 Å². The zero-order valence-electron chi connectivity index (χ0n) is 21.9. The first-order valence-corrected chi connectivity index (χ1v) is 15.8. The quantitative estimate of drug-likeness (QED) is 0.288. The van der Waals surface area contributed by atoms with Gasteiger partial charge in [0, 0.05) is 0 Å². The van der Waals surface area contributed by atoms with Gasteiger partial charge in [0.05, 0.1) is 0 Å². The van der Waals surface area contributed by atoms with Crippen LogP contribution >= 0.6 is 0 Å². The Kier molecular flexibility index (Phi) is 4.96. The van der Waals surface area contributed by atoms with Gasteiger partial charge in [-0.2, -0.15) is 0 Å². The summed E-state index contributed by atoms with van der Waals surface area (Å²) in [5.74, 6) is 1.98. The predicted molar refractivity (Wildman–Crippen MR) is 166 cm³/mol. The van der Waals surface area contributed by atoms with E-state index in [0.717, 1.165) is 23.6 Å². The molecule has 0 bridgehead atoms. The fourth-order valence-corrected chi connectivity index (χ4v) is 9.56. The Labute approximate surface area is 240 Å². The molecule has 4 aromatic carbocycles. The molecule has 40 heavy (non-hydrogen) atoms. The normalized spacial score (nSPS) is 14.7. The van der Waals surface area contributed by atoms with Crippen molar-refractivity contribution in [2.45, 2.75) is 25.7 Å². The third-order valence-corrected chi connectivity index (χ3v) is 11.2. The third kappa shape index (κ3) is 3.28. The third-order valence-electron chi connectivity index (χ3n) is 8.78. The molecule has 0 saturated carbocycles.